The lowest BCUT2D eigenvalue weighted by Gasteiger charge is -2.19. The maximum absolute atomic E-state index is 12.3. The molecule has 1 aromatic rings. The van der Waals surface area contributed by atoms with Gasteiger partial charge < -0.3 is 14.8 Å². The van der Waals surface area contributed by atoms with Crippen molar-refractivity contribution in [3.05, 3.63) is 28.8 Å². The van der Waals surface area contributed by atoms with Gasteiger partial charge in [0.2, 0.25) is 0 Å². The number of amides is 1. The number of carbonyl (C=O) groups is 2. The summed E-state index contributed by atoms with van der Waals surface area (Å²) in [5.74, 6) is 0.462. The third kappa shape index (κ3) is 2.99. The molecule has 0 spiro atoms. The van der Waals surface area contributed by atoms with Gasteiger partial charge in [-0.15, -0.1) is 0 Å². The predicted molar refractivity (Wildman–Crippen MR) is 81.6 cm³/mol. The monoisotopic (exact) mass is 303 g/mol. The van der Waals surface area contributed by atoms with E-state index >= 15 is 0 Å². The Morgan fingerprint density at radius 3 is 2.95 bits per heavy atom. The second-order valence-electron chi connectivity index (χ2n) is 5.83. The first kappa shape index (κ1) is 15.0. The van der Waals surface area contributed by atoms with Crippen LogP contribution in [0, 0.1) is 0 Å². The Labute approximate surface area is 130 Å². The summed E-state index contributed by atoms with van der Waals surface area (Å²) in [5.41, 5.74) is 2.10. The topological polar surface area (TPSA) is 64.6 Å². The lowest BCUT2D eigenvalue weighted by atomic mass is 9.88. The van der Waals surface area contributed by atoms with Crippen molar-refractivity contribution in [3.8, 4) is 5.75 Å². The molecule has 0 radical (unpaired) electrons. The number of nitrogens with one attached hydrogen (secondary N) is 1. The highest BCUT2D eigenvalue weighted by Crippen LogP contribution is 2.31. The van der Waals surface area contributed by atoms with E-state index < -0.39 is 0 Å². The van der Waals surface area contributed by atoms with Gasteiger partial charge in [0, 0.05) is 25.1 Å². The molecule has 0 aromatic heterocycles. The van der Waals surface area contributed by atoms with Crippen LogP contribution in [0.5, 0.6) is 5.75 Å². The van der Waals surface area contributed by atoms with Crippen LogP contribution in [-0.4, -0.2) is 38.1 Å². The summed E-state index contributed by atoms with van der Waals surface area (Å²) in [4.78, 5) is 24.4. The second-order valence-corrected chi connectivity index (χ2v) is 5.83. The molecule has 1 saturated heterocycles. The van der Waals surface area contributed by atoms with E-state index in [4.69, 9.17) is 9.47 Å². The summed E-state index contributed by atoms with van der Waals surface area (Å²) in [6.07, 6.45) is 4.34. The van der Waals surface area contributed by atoms with Crippen LogP contribution in [0.3, 0.4) is 0 Å². The van der Waals surface area contributed by atoms with Gasteiger partial charge in [-0.3, -0.25) is 9.59 Å². The molecule has 5 nitrogen and oxygen atoms in total. The van der Waals surface area contributed by atoms with Gasteiger partial charge in [0.15, 0.2) is 5.78 Å². The number of hydrogen-bond acceptors (Lipinski definition) is 4. The molecule has 1 aliphatic heterocycles. The molecular formula is C17H21NO4. The van der Waals surface area contributed by atoms with Crippen LogP contribution >= 0.6 is 0 Å². The molecule has 0 bridgehead atoms. The molecule has 1 aromatic carbocycles. The standard InChI is InChI=1S/C17H21NO4/c1-21-15-9-12(8-11-4-2-6-14(19)16(11)15)17(20)18-10-13-5-3-7-22-13/h8-9,13H,2-7,10H2,1H3,(H,18,20)/t13-/m0/s1. The van der Waals surface area contributed by atoms with E-state index in [-0.39, 0.29) is 17.8 Å². The average Bonchev–Trinajstić information content (AvgIpc) is 3.05. The zero-order chi connectivity index (χ0) is 15.5. The molecule has 1 N–H and O–H groups in total. The number of rotatable bonds is 4. The van der Waals surface area contributed by atoms with Crippen LogP contribution in [0.2, 0.25) is 0 Å². The zero-order valence-electron chi connectivity index (χ0n) is 12.8. The molecule has 1 aliphatic carbocycles. The maximum Gasteiger partial charge on any atom is 0.251 e. The van der Waals surface area contributed by atoms with Crippen LogP contribution in [0.15, 0.2) is 12.1 Å². The minimum absolute atomic E-state index is 0.101. The summed E-state index contributed by atoms with van der Waals surface area (Å²) in [5, 5.41) is 2.91. The lowest BCUT2D eigenvalue weighted by molar-refractivity contribution is 0.0856. The van der Waals surface area contributed by atoms with Crippen LogP contribution in [0.1, 0.15) is 52.0 Å². The molecule has 22 heavy (non-hydrogen) atoms. The van der Waals surface area contributed by atoms with Gasteiger partial charge in [0.1, 0.15) is 5.75 Å². The summed E-state index contributed by atoms with van der Waals surface area (Å²) >= 11 is 0. The Morgan fingerprint density at radius 1 is 1.36 bits per heavy atom. The van der Waals surface area contributed by atoms with Gasteiger partial charge in [-0.1, -0.05) is 0 Å². The van der Waals surface area contributed by atoms with E-state index in [1.807, 2.05) is 6.07 Å². The Kier molecular flexibility index (Phi) is 4.43. The van der Waals surface area contributed by atoms with Crippen molar-refractivity contribution in [2.24, 2.45) is 0 Å². The number of ketones is 1. The van der Waals surface area contributed by atoms with Gasteiger partial charge in [-0.2, -0.15) is 0 Å². The molecule has 3 rings (SSSR count). The van der Waals surface area contributed by atoms with E-state index in [9.17, 15) is 9.59 Å². The highest BCUT2D eigenvalue weighted by Gasteiger charge is 2.24. The average molecular weight is 303 g/mol. The third-order valence-electron chi connectivity index (χ3n) is 4.31. The number of aryl methyl sites for hydroxylation is 1. The fraction of sp³-hybridized carbons (Fsp3) is 0.529. The predicted octanol–water partition coefficient (Wildman–Crippen LogP) is 2.12. The van der Waals surface area contributed by atoms with Crippen LogP contribution in [-0.2, 0) is 11.2 Å². The van der Waals surface area contributed by atoms with Crippen LogP contribution in [0.25, 0.3) is 0 Å². The fourth-order valence-electron chi connectivity index (χ4n) is 3.16. The van der Waals surface area contributed by atoms with E-state index in [0.29, 0.717) is 29.8 Å². The van der Waals surface area contributed by atoms with Crippen molar-refractivity contribution in [2.75, 3.05) is 20.3 Å². The number of ether oxygens (including phenoxy) is 2. The smallest absolute Gasteiger partial charge is 0.251 e. The molecule has 1 fully saturated rings. The molecule has 0 saturated carbocycles. The largest absolute Gasteiger partial charge is 0.496 e. The molecular weight excluding hydrogens is 282 g/mol. The molecule has 2 aliphatic rings. The van der Waals surface area contributed by atoms with Gasteiger partial charge >= 0.3 is 0 Å². The normalized spacial score (nSPS) is 20.6. The maximum atomic E-state index is 12.3. The quantitative estimate of drug-likeness (QED) is 0.925. The van der Waals surface area contributed by atoms with Gasteiger partial charge in [0.05, 0.1) is 18.8 Å². The Bertz CT molecular complexity index is 573. The van der Waals surface area contributed by atoms with Gasteiger partial charge in [-0.05, 0) is 43.4 Å². The van der Waals surface area contributed by atoms with Crippen molar-refractivity contribution in [2.45, 2.75) is 38.2 Å². The first-order chi connectivity index (χ1) is 10.7. The number of hydrogen-bond donors (Lipinski definition) is 1. The SMILES string of the molecule is COc1cc(C(=O)NC[C@@H]2CCCO2)cc2c1C(=O)CCC2. The van der Waals surface area contributed by atoms with Crippen molar-refractivity contribution in [1.29, 1.82) is 0 Å². The van der Waals surface area contributed by atoms with Crippen molar-refractivity contribution in [1.82, 2.24) is 5.32 Å². The van der Waals surface area contributed by atoms with Crippen LogP contribution in [0.4, 0.5) is 0 Å². The summed E-state index contributed by atoms with van der Waals surface area (Å²) in [6.45, 7) is 1.30. The fourth-order valence-corrected chi connectivity index (χ4v) is 3.16. The van der Waals surface area contributed by atoms with Gasteiger partial charge in [-0.25, -0.2) is 0 Å². The number of benzene rings is 1. The molecule has 1 heterocycles. The molecule has 0 unspecified atom stereocenters. The zero-order valence-corrected chi connectivity index (χ0v) is 12.8. The molecule has 5 heteroatoms. The second kappa shape index (κ2) is 6.48. The van der Waals surface area contributed by atoms with E-state index in [1.54, 1.807) is 6.07 Å². The lowest BCUT2D eigenvalue weighted by Crippen LogP contribution is -2.32. The first-order valence-electron chi connectivity index (χ1n) is 7.83. The number of fused-ring (bicyclic) bond motifs is 1. The molecule has 1 atom stereocenters. The minimum Gasteiger partial charge on any atom is -0.496 e. The summed E-state index contributed by atoms with van der Waals surface area (Å²) in [6, 6.07) is 3.48. The number of methoxy groups -OCH3 is 1. The first-order valence-corrected chi connectivity index (χ1v) is 7.83. The summed E-state index contributed by atoms with van der Waals surface area (Å²) in [7, 11) is 1.53. The third-order valence-corrected chi connectivity index (χ3v) is 4.31. The van der Waals surface area contributed by atoms with Crippen molar-refractivity contribution < 1.29 is 19.1 Å². The molecule has 1 amide bonds. The van der Waals surface area contributed by atoms with Crippen molar-refractivity contribution >= 4 is 11.7 Å². The highest BCUT2D eigenvalue weighted by atomic mass is 16.5. The van der Waals surface area contributed by atoms with Gasteiger partial charge in [0.25, 0.3) is 5.91 Å². The van der Waals surface area contributed by atoms with E-state index in [0.717, 1.165) is 37.9 Å². The minimum atomic E-state index is -0.144. The van der Waals surface area contributed by atoms with E-state index in [2.05, 4.69) is 5.32 Å². The van der Waals surface area contributed by atoms with Crippen LogP contribution < -0.4 is 10.1 Å². The van der Waals surface area contributed by atoms with E-state index in [1.165, 1.54) is 7.11 Å². The Morgan fingerprint density at radius 2 is 2.23 bits per heavy atom. The summed E-state index contributed by atoms with van der Waals surface area (Å²) < 4.78 is 10.8. The highest BCUT2D eigenvalue weighted by molar-refractivity contribution is 6.03. The Hall–Kier alpha value is -1.88. The van der Waals surface area contributed by atoms with Crippen molar-refractivity contribution in [3.63, 3.8) is 0 Å². The number of Topliss-reactive ketones (excluding diaryl/α,β-unsaturated/α-hetero) is 1. The Balaban J connectivity index is 1.78. The molecule has 118 valence electrons. The number of carbonyl (C=O) groups excluding carboxylic acids is 2.